The molecule has 2 aromatic carbocycles. The molecule has 31 heavy (non-hydrogen) atoms. The van der Waals surface area contributed by atoms with Crippen LogP contribution in [0, 0.1) is 0 Å². The van der Waals surface area contributed by atoms with Gasteiger partial charge in [-0.2, -0.15) is 0 Å². The minimum atomic E-state index is -0.168. The van der Waals surface area contributed by atoms with Crippen LogP contribution in [0.3, 0.4) is 0 Å². The zero-order valence-electron chi connectivity index (χ0n) is 17.7. The first-order valence-electron chi connectivity index (χ1n) is 9.89. The summed E-state index contributed by atoms with van der Waals surface area (Å²) in [4.78, 5) is 14.6. The Morgan fingerprint density at radius 3 is 2.42 bits per heavy atom. The van der Waals surface area contributed by atoms with Crippen LogP contribution in [-0.4, -0.2) is 45.4 Å². The van der Waals surface area contributed by atoms with E-state index in [-0.39, 0.29) is 17.7 Å². The van der Waals surface area contributed by atoms with Crippen LogP contribution in [0.1, 0.15) is 30.8 Å². The lowest BCUT2D eigenvalue weighted by atomic mass is 10.2. The standard InChI is InChI=1S/C22H25Cl2N5OS/c1-4-19(28(2)3)21-26-27-22(29(21)13-15-8-6-5-7-9-15)31-14-20(30)25-18-11-16(23)10-17(24)12-18/h5-12,19H,4,13-14H2,1-3H3,(H,25,30)/t19-/m1/s1. The molecule has 0 spiro atoms. The smallest absolute Gasteiger partial charge is 0.234 e. The summed E-state index contributed by atoms with van der Waals surface area (Å²) in [5.41, 5.74) is 1.71. The number of anilines is 1. The Morgan fingerprint density at radius 1 is 1.13 bits per heavy atom. The summed E-state index contributed by atoms with van der Waals surface area (Å²) in [6, 6.07) is 15.2. The molecule has 0 saturated carbocycles. The van der Waals surface area contributed by atoms with Gasteiger partial charge < -0.3 is 9.88 Å². The number of nitrogens with one attached hydrogen (secondary N) is 1. The van der Waals surface area contributed by atoms with E-state index in [1.54, 1.807) is 18.2 Å². The van der Waals surface area contributed by atoms with Crippen LogP contribution in [-0.2, 0) is 11.3 Å². The number of benzene rings is 2. The molecule has 1 aromatic heterocycles. The maximum absolute atomic E-state index is 12.5. The summed E-state index contributed by atoms with van der Waals surface area (Å²) < 4.78 is 2.09. The Bertz CT molecular complexity index is 1010. The lowest BCUT2D eigenvalue weighted by Crippen LogP contribution is -2.23. The first-order valence-corrected chi connectivity index (χ1v) is 11.6. The highest BCUT2D eigenvalue weighted by molar-refractivity contribution is 7.99. The van der Waals surface area contributed by atoms with E-state index in [1.165, 1.54) is 11.8 Å². The summed E-state index contributed by atoms with van der Waals surface area (Å²) in [5, 5.41) is 13.3. The van der Waals surface area contributed by atoms with Gasteiger partial charge in [-0.15, -0.1) is 10.2 Å². The fourth-order valence-electron chi connectivity index (χ4n) is 3.30. The van der Waals surface area contributed by atoms with E-state index < -0.39 is 0 Å². The largest absolute Gasteiger partial charge is 0.325 e. The van der Waals surface area contributed by atoms with Gasteiger partial charge in [0.15, 0.2) is 11.0 Å². The van der Waals surface area contributed by atoms with E-state index in [1.807, 2.05) is 32.3 Å². The minimum Gasteiger partial charge on any atom is -0.325 e. The summed E-state index contributed by atoms with van der Waals surface area (Å²) in [6.07, 6.45) is 0.903. The number of carbonyl (C=O) groups excluding carboxylic acids is 1. The molecule has 3 rings (SSSR count). The third kappa shape index (κ3) is 6.46. The van der Waals surface area contributed by atoms with Gasteiger partial charge in [-0.1, -0.05) is 72.2 Å². The predicted molar refractivity (Wildman–Crippen MR) is 128 cm³/mol. The van der Waals surface area contributed by atoms with Gasteiger partial charge >= 0.3 is 0 Å². The second kappa shape index (κ2) is 11.0. The van der Waals surface area contributed by atoms with E-state index in [2.05, 4.69) is 44.0 Å². The van der Waals surface area contributed by atoms with Crippen LogP contribution in [0.4, 0.5) is 5.69 Å². The third-order valence-corrected chi connectivity index (χ3v) is 6.12. The molecule has 1 amide bonds. The SMILES string of the molecule is CC[C@H](c1nnc(SCC(=O)Nc2cc(Cl)cc(Cl)c2)n1Cc1ccccc1)N(C)C. The van der Waals surface area contributed by atoms with Crippen molar-refractivity contribution in [2.45, 2.75) is 31.1 Å². The second-order valence-electron chi connectivity index (χ2n) is 7.30. The molecule has 1 N–H and O–H groups in total. The summed E-state index contributed by atoms with van der Waals surface area (Å²) in [7, 11) is 4.07. The van der Waals surface area contributed by atoms with E-state index in [0.29, 0.717) is 27.4 Å². The van der Waals surface area contributed by atoms with Gasteiger partial charge in [-0.05, 0) is 44.3 Å². The highest BCUT2D eigenvalue weighted by Crippen LogP contribution is 2.27. The van der Waals surface area contributed by atoms with Crippen molar-refractivity contribution in [2.24, 2.45) is 0 Å². The molecule has 0 fully saturated rings. The van der Waals surface area contributed by atoms with Gasteiger partial charge in [0.2, 0.25) is 5.91 Å². The third-order valence-electron chi connectivity index (χ3n) is 4.72. The van der Waals surface area contributed by atoms with Crippen LogP contribution in [0.2, 0.25) is 10.0 Å². The molecule has 0 bridgehead atoms. The fourth-order valence-corrected chi connectivity index (χ4v) is 4.57. The Kier molecular flexibility index (Phi) is 8.37. The fraction of sp³-hybridized carbons (Fsp3) is 0.318. The van der Waals surface area contributed by atoms with Crippen molar-refractivity contribution in [1.29, 1.82) is 0 Å². The summed E-state index contributed by atoms with van der Waals surface area (Å²) in [5.74, 6) is 0.912. The first kappa shape index (κ1) is 23.6. The number of hydrogen-bond donors (Lipinski definition) is 1. The van der Waals surface area contributed by atoms with Gasteiger partial charge in [0.25, 0.3) is 0 Å². The molecule has 0 radical (unpaired) electrons. The van der Waals surface area contributed by atoms with E-state index >= 15 is 0 Å². The molecule has 164 valence electrons. The number of carbonyl (C=O) groups is 1. The van der Waals surface area contributed by atoms with Crippen LogP contribution in [0.25, 0.3) is 0 Å². The molecule has 0 aliphatic rings. The molecular weight excluding hydrogens is 453 g/mol. The van der Waals surface area contributed by atoms with Gasteiger partial charge in [0.05, 0.1) is 18.3 Å². The Labute approximate surface area is 196 Å². The van der Waals surface area contributed by atoms with Crippen LogP contribution in [0.15, 0.2) is 53.7 Å². The maximum atomic E-state index is 12.5. The van der Waals surface area contributed by atoms with Gasteiger partial charge in [-0.3, -0.25) is 9.69 Å². The summed E-state index contributed by atoms with van der Waals surface area (Å²) in [6.45, 7) is 2.77. The number of amides is 1. The quantitative estimate of drug-likeness (QED) is 0.419. The molecule has 6 nitrogen and oxygen atoms in total. The topological polar surface area (TPSA) is 63.1 Å². The number of nitrogens with zero attached hydrogens (tertiary/aromatic N) is 4. The molecule has 3 aromatic rings. The Hall–Kier alpha value is -2.06. The van der Waals surface area contributed by atoms with Crippen LogP contribution >= 0.6 is 35.0 Å². The Balaban J connectivity index is 1.78. The monoisotopic (exact) mass is 477 g/mol. The zero-order valence-corrected chi connectivity index (χ0v) is 20.0. The zero-order chi connectivity index (χ0) is 22.4. The second-order valence-corrected chi connectivity index (χ2v) is 9.11. The van der Waals surface area contributed by atoms with Crippen molar-refractivity contribution in [1.82, 2.24) is 19.7 Å². The lowest BCUT2D eigenvalue weighted by Gasteiger charge is -2.23. The number of thioether (sulfide) groups is 1. The molecule has 0 aliphatic heterocycles. The van der Waals surface area contributed by atoms with Crippen molar-refractivity contribution < 1.29 is 4.79 Å². The van der Waals surface area contributed by atoms with Gasteiger partial charge in [0, 0.05) is 15.7 Å². The molecular formula is C22H25Cl2N5OS. The molecule has 0 aliphatic carbocycles. The minimum absolute atomic E-state index is 0.132. The van der Waals surface area contributed by atoms with Crippen molar-refractivity contribution in [2.75, 3.05) is 25.2 Å². The van der Waals surface area contributed by atoms with Gasteiger partial charge in [0.1, 0.15) is 0 Å². The molecule has 0 saturated heterocycles. The number of aromatic nitrogens is 3. The molecule has 1 atom stereocenters. The van der Waals surface area contributed by atoms with Gasteiger partial charge in [-0.25, -0.2) is 0 Å². The van der Waals surface area contributed by atoms with Crippen molar-refractivity contribution in [3.8, 4) is 0 Å². The highest BCUT2D eigenvalue weighted by Gasteiger charge is 2.22. The number of hydrogen-bond acceptors (Lipinski definition) is 5. The Morgan fingerprint density at radius 2 is 1.81 bits per heavy atom. The van der Waals surface area contributed by atoms with Crippen molar-refractivity contribution in [3.63, 3.8) is 0 Å². The van der Waals surface area contributed by atoms with Crippen molar-refractivity contribution in [3.05, 3.63) is 70.0 Å². The molecule has 1 heterocycles. The normalized spacial score (nSPS) is 12.2. The predicted octanol–water partition coefficient (Wildman–Crippen LogP) is 5.38. The number of rotatable bonds is 9. The summed E-state index contributed by atoms with van der Waals surface area (Å²) >= 11 is 13.4. The van der Waals surface area contributed by atoms with Crippen LogP contribution < -0.4 is 5.32 Å². The first-order chi connectivity index (χ1) is 14.9. The van der Waals surface area contributed by atoms with E-state index in [4.69, 9.17) is 23.2 Å². The maximum Gasteiger partial charge on any atom is 0.234 e. The van der Waals surface area contributed by atoms with E-state index in [9.17, 15) is 4.79 Å². The molecule has 0 unspecified atom stereocenters. The lowest BCUT2D eigenvalue weighted by molar-refractivity contribution is -0.113. The average molecular weight is 478 g/mol. The van der Waals surface area contributed by atoms with Crippen LogP contribution in [0.5, 0.6) is 0 Å². The molecule has 9 heteroatoms. The van der Waals surface area contributed by atoms with Crippen molar-refractivity contribution >= 4 is 46.6 Å². The number of halogens is 2. The average Bonchev–Trinajstić information content (AvgIpc) is 3.09. The van der Waals surface area contributed by atoms with E-state index in [0.717, 1.165) is 17.8 Å². The highest BCUT2D eigenvalue weighted by atomic mass is 35.5.